The second-order valence-corrected chi connectivity index (χ2v) is 16.3. The fourth-order valence-electron chi connectivity index (χ4n) is 5.06. The van der Waals surface area contributed by atoms with Gasteiger partial charge < -0.3 is 56.5 Å². The Hall–Kier alpha value is -2.88. The Labute approximate surface area is 293 Å². The number of rotatable bonds is 11. The van der Waals surface area contributed by atoms with Gasteiger partial charge in [-0.05, 0) is 0 Å². The van der Waals surface area contributed by atoms with Crippen molar-refractivity contribution in [1.29, 1.82) is 0 Å². The van der Waals surface area contributed by atoms with Crippen molar-refractivity contribution in [3.8, 4) is 0 Å². The minimum atomic E-state index is -5.94. The molecule has 0 saturated carbocycles. The summed E-state index contributed by atoms with van der Waals surface area (Å²) in [5.74, 6) is -0.483. The van der Waals surface area contributed by atoms with Gasteiger partial charge >= 0.3 is 23.5 Å². The smallest absolute Gasteiger partial charge is 0.387 e. The number of nitrogen functional groups attached to an aromatic ring is 2. The topological polar surface area (TPSA) is 393 Å². The molecule has 31 heteroatoms. The number of fused-ring (bicyclic) bond motifs is 3. The second-order valence-electron chi connectivity index (χ2n) is 10.7. The van der Waals surface area contributed by atoms with E-state index in [1.54, 1.807) is 0 Å². The summed E-state index contributed by atoms with van der Waals surface area (Å²) < 4.78 is 67.3. The molecule has 6 rings (SSSR count). The van der Waals surface area contributed by atoms with Gasteiger partial charge in [0.05, 0.1) is 19.5 Å². The first kappa shape index (κ1) is 37.9. The number of phosphoric ester groups is 2. The molecule has 3 unspecified atom stereocenters. The summed E-state index contributed by atoms with van der Waals surface area (Å²) >= 11 is 8.66. The van der Waals surface area contributed by atoms with Crippen molar-refractivity contribution in [2.24, 2.45) is 0 Å². The molecule has 3 aliphatic heterocycles. The summed E-state index contributed by atoms with van der Waals surface area (Å²) in [6.45, 7) is -1.93. The van der Waals surface area contributed by atoms with Crippen molar-refractivity contribution in [2.45, 2.75) is 42.9 Å². The van der Waals surface area contributed by atoms with Crippen LogP contribution in [0.2, 0.25) is 0 Å². The lowest BCUT2D eigenvalue weighted by Crippen LogP contribution is -2.52. The number of aromatic amines is 2. The number of aliphatic hydroxyl groups excluding tert-OH is 2. The number of H-pyrrole nitrogens is 2. The quantitative estimate of drug-likeness (QED) is 0.0739. The largest absolute Gasteiger partial charge is 0.490 e. The number of phosphoric acid groups is 3. The van der Waals surface area contributed by atoms with E-state index in [2.05, 4.69) is 74.0 Å². The van der Waals surface area contributed by atoms with Crippen LogP contribution in [0.1, 0.15) is 6.23 Å². The van der Waals surface area contributed by atoms with Crippen LogP contribution in [0.4, 0.5) is 23.4 Å². The van der Waals surface area contributed by atoms with Gasteiger partial charge in [0, 0.05) is 9.81 Å². The highest BCUT2D eigenvalue weighted by Gasteiger charge is 2.48. The predicted molar refractivity (Wildman–Crippen MR) is 176 cm³/mol. The van der Waals surface area contributed by atoms with Crippen molar-refractivity contribution in [2.75, 3.05) is 35.3 Å². The maximum Gasteiger partial charge on any atom is 0.490 e. The van der Waals surface area contributed by atoms with Crippen LogP contribution in [0.25, 0.3) is 11.2 Å². The Morgan fingerprint density at radius 2 is 1.49 bits per heavy atom. The Morgan fingerprint density at radius 3 is 2.18 bits per heavy atom. The van der Waals surface area contributed by atoms with Gasteiger partial charge in [0.15, 0.2) is 29.4 Å². The molecule has 51 heavy (non-hydrogen) atoms. The molecule has 0 amide bonds. The first-order valence-electron chi connectivity index (χ1n) is 13.9. The molecule has 1 saturated heterocycles. The zero-order valence-corrected chi connectivity index (χ0v) is 29.4. The Bertz CT molecular complexity index is 2170. The monoisotopic (exact) mass is 820 g/mol. The first-order chi connectivity index (χ1) is 23.7. The fraction of sp³-hybridized carbons (Fsp3) is 0.450. The number of hydrogen-bond acceptors (Lipinski definition) is 22. The lowest BCUT2D eigenvalue weighted by molar-refractivity contribution is -0.0503. The number of aromatic nitrogens is 6. The maximum absolute atomic E-state index is 12.6. The van der Waals surface area contributed by atoms with Crippen LogP contribution in [0.5, 0.6) is 0 Å². The molecular formula is C20H27N10O16P3S2. The van der Waals surface area contributed by atoms with Gasteiger partial charge in [0.25, 0.3) is 11.1 Å². The molecule has 13 N–H and O–H groups in total. The molecule has 6 heterocycles. The average Bonchev–Trinajstić information content (AvgIpc) is 3.55. The summed E-state index contributed by atoms with van der Waals surface area (Å²) in [4.78, 5) is 70.9. The maximum atomic E-state index is 12.6. The SMILES string of the molecule is Nc1nc2c(c(=O)[nH]1)N[C@H]1C(S)=C(S)[C@@H](COP(=O)(O)OP(=O)(O)OP(=O)(O)OC[C@H]3O[C@@H](n4cnc5c(=O)[nH]c(N)nc54)[C@H](O)[C@@H]3O)O[C@H]1N2. The summed E-state index contributed by atoms with van der Waals surface area (Å²) in [5, 5.41) is 26.6. The Kier molecular flexibility index (Phi) is 10.3. The van der Waals surface area contributed by atoms with E-state index in [4.69, 9.17) is 25.5 Å². The van der Waals surface area contributed by atoms with Crippen LogP contribution in [0.3, 0.4) is 0 Å². The molecular weight excluding hydrogens is 793 g/mol. The fourth-order valence-corrected chi connectivity index (χ4v) is 9.19. The number of ether oxygens (including phenoxy) is 2. The van der Waals surface area contributed by atoms with Crippen LogP contribution in [0.15, 0.2) is 25.7 Å². The molecule has 280 valence electrons. The third-order valence-electron chi connectivity index (χ3n) is 7.26. The minimum absolute atomic E-state index is 0.0172. The molecule has 10 atom stereocenters. The number of nitrogens with two attached hydrogens (primary N) is 2. The van der Waals surface area contributed by atoms with Gasteiger partial charge in [-0.1, -0.05) is 0 Å². The van der Waals surface area contributed by atoms with Gasteiger partial charge in [-0.2, -0.15) is 18.6 Å². The number of anilines is 4. The summed E-state index contributed by atoms with van der Waals surface area (Å²) in [5.41, 5.74) is 9.51. The molecule has 0 bridgehead atoms. The van der Waals surface area contributed by atoms with E-state index in [9.17, 15) is 48.2 Å². The zero-order chi connectivity index (χ0) is 37.2. The minimum Gasteiger partial charge on any atom is -0.387 e. The molecule has 1 fully saturated rings. The number of hydrogen-bond donors (Lipinski definition) is 13. The van der Waals surface area contributed by atoms with Crippen molar-refractivity contribution >= 4 is 83.3 Å². The van der Waals surface area contributed by atoms with Crippen LogP contribution in [-0.4, -0.2) is 104 Å². The first-order valence-corrected chi connectivity index (χ1v) is 19.3. The van der Waals surface area contributed by atoms with Gasteiger partial charge in [-0.25, -0.2) is 18.7 Å². The second kappa shape index (κ2) is 13.8. The van der Waals surface area contributed by atoms with E-state index in [0.717, 1.165) is 10.9 Å². The molecule has 0 aliphatic carbocycles. The van der Waals surface area contributed by atoms with E-state index in [1.807, 2.05) is 0 Å². The number of aliphatic hydroxyl groups is 2. The zero-order valence-electron chi connectivity index (χ0n) is 24.9. The average molecular weight is 821 g/mol. The third-order valence-corrected chi connectivity index (χ3v) is 12.7. The van der Waals surface area contributed by atoms with Crippen LogP contribution in [0, 0.1) is 0 Å². The highest BCUT2D eigenvalue weighted by molar-refractivity contribution is 7.88. The highest BCUT2D eigenvalue weighted by Crippen LogP contribution is 2.68. The number of nitrogens with one attached hydrogen (secondary N) is 4. The van der Waals surface area contributed by atoms with Gasteiger partial charge in [0.2, 0.25) is 11.9 Å². The standard InChI is InChI=1S/C20H27N10O16P3S2/c21-19-26-13-7(15(33)28-19)24-6-12(51)11(50)5(43-17(6)25-13)2-42-48(37,38)46-49(39,40)45-47(35,36)41-1-4-9(31)10(32)18(44-4)30-3-23-8-14(30)27-20(22)29-16(8)34/h3-6,9-10,17-18,24,31-32,50-51H,1-2H2,(H,35,36)(H,37,38)(H,39,40)(H3,22,27,29,34)(H4,21,25,26,28,33)/t4-,5-,6+,9-,10-,17-,18-/m1/s1. The molecule has 0 aromatic carbocycles. The molecule has 0 spiro atoms. The third kappa shape index (κ3) is 7.91. The van der Waals surface area contributed by atoms with Gasteiger partial charge in [0.1, 0.15) is 36.1 Å². The molecule has 3 aromatic rings. The van der Waals surface area contributed by atoms with Gasteiger partial charge in [-0.15, -0.1) is 25.3 Å². The van der Waals surface area contributed by atoms with E-state index < -0.39 is 90.7 Å². The normalized spacial score (nSPS) is 29.7. The number of nitrogens with zero attached hydrogens (tertiary/aromatic N) is 4. The van der Waals surface area contributed by atoms with Crippen LogP contribution < -0.4 is 33.2 Å². The molecule has 26 nitrogen and oxygen atoms in total. The highest BCUT2D eigenvalue weighted by atomic mass is 32.1. The van der Waals surface area contributed by atoms with E-state index in [-0.39, 0.29) is 44.4 Å². The van der Waals surface area contributed by atoms with Crippen molar-refractivity contribution < 1.29 is 65.7 Å². The van der Waals surface area contributed by atoms with E-state index in [0.29, 0.717) is 0 Å². The molecule has 3 aliphatic rings. The summed E-state index contributed by atoms with van der Waals surface area (Å²) in [7, 11) is -17.2. The predicted octanol–water partition coefficient (Wildman–Crippen LogP) is -1.94. The van der Waals surface area contributed by atoms with Crippen molar-refractivity contribution in [1.82, 2.24) is 29.5 Å². The molecule has 0 radical (unpaired) electrons. The van der Waals surface area contributed by atoms with Crippen LogP contribution in [-0.2, 0) is 40.8 Å². The van der Waals surface area contributed by atoms with Crippen molar-refractivity contribution in [3.63, 3.8) is 0 Å². The number of imidazole rings is 1. The summed E-state index contributed by atoms with van der Waals surface area (Å²) in [6, 6.07) is -0.795. The lowest BCUT2D eigenvalue weighted by atomic mass is 10.1. The van der Waals surface area contributed by atoms with E-state index in [1.165, 1.54) is 0 Å². The Morgan fingerprint density at radius 1 is 0.863 bits per heavy atom. The van der Waals surface area contributed by atoms with E-state index >= 15 is 0 Å². The molecule has 3 aromatic heterocycles. The lowest BCUT2D eigenvalue weighted by Gasteiger charge is -2.41. The van der Waals surface area contributed by atoms with Gasteiger partial charge in [-0.3, -0.25) is 33.2 Å². The Balaban J connectivity index is 1.04. The number of thiol groups is 2. The summed E-state index contributed by atoms with van der Waals surface area (Å²) in [6.07, 6.45) is -7.84. The van der Waals surface area contributed by atoms with Crippen LogP contribution >= 0.6 is 48.7 Å². The van der Waals surface area contributed by atoms with Crippen molar-refractivity contribution in [3.05, 3.63) is 36.8 Å².